The molecule has 4 amide bonds. The normalized spacial score (nSPS) is 23.6. The van der Waals surface area contributed by atoms with Gasteiger partial charge in [-0.25, -0.2) is 0 Å². The van der Waals surface area contributed by atoms with Gasteiger partial charge in [0.05, 0.1) is 33.8 Å². The molecule has 284 valence electrons. The van der Waals surface area contributed by atoms with Gasteiger partial charge in [0.15, 0.2) is 5.78 Å². The molecule has 0 radical (unpaired) electrons. The van der Waals surface area contributed by atoms with Gasteiger partial charge in [0.25, 0.3) is 0 Å². The summed E-state index contributed by atoms with van der Waals surface area (Å²) in [6.07, 6.45) is 0.614. The molecule has 5 atom stereocenters. The van der Waals surface area contributed by atoms with Crippen LogP contribution in [0, 0.1) is 11.8 Å². The number of aryl methyl sites for hydroxylation is 1. The number of nitrogens with zero attached hydrogens (tertiary/aromatic N) is 1. The lowest BCUT2D eigenvalue weighted by Gasteiger charge is -2.29. The average molecular weight is 725 g/mol. The molecular weight excluding hydrogens is 662 g/mol. The SMILES string of the molecule is [2H]C1([2H])COCC([2H])([2H])N1CC(=O)N[C@@H](CCc1ccccc1)C(=O)N[C@@H](CC(C)C)C(=O)N[C@@H](Cc1ccccc1)C(=O)N[C@]([2H])(CC(C)C)C(=O)[C@@]1(C)CO1. The van der Waals surface area contributed by atoms with Crippen LogP contribution in [0.5, 0.6) is 0 Å². The molecule has 2 aliphatic rings. The molecule has 12 nitrogen and oxygen atoms in total. The summed E-state index contributed by atoms with van der Waals surface area (Å²) in [5, 5.41) is 10.8. The maximum Gasteiger partial charge on any atom is 0.243 e. The highest BCUT2D eigenvalue weighted by Gasteiger charge is 2.50. The van der Waals surface area contributed by atoms with Crippen molar-refractivity contribution < 1.29 is 40.3 Å². The summed E-state index contributed by atoms with van der Waals surface area (Å²) in [5.41, 5.74) is 0.379. The number of rotatable bonds is 20. The van der Waals surface area contributed by atoms with Crippen molar-refractivity contribution >= 4 is 29.4 Å². The first-order chi connectivity index (χ1) is 26.6. The second-order valence-electron chi connectivity index (χ2n) is 14.4. The second-order valence-corrected chi connectivity index (χ2v) is 14.4. The number of morpholine rings is 1. The van der Waals surface area contributed by atoms with Gasteiger partial charge in [-0.2, -0.15) is 0 Å². The number of benzene rings is 2. The number of amides is 4. The number of ether oxygens (including phenoxy) is 2. The topological polar surface area (TPSA) is 158 Å². The number of carbonyl (C=O) groups excluding carboxylic acids is 5. The molecule has 2 fully saturated rings. The molecule has 0 saturated carbocycles. The molecule has 2 aromatic rings. The molecule has 2 aliphatic heterocycles. The Bertz CT molecular complexity index is 1700. The van der Waals surface area contributed by atoms with E-state index in [4.69, 9.17) is 16.3 Å². The van der Waals surface area contributed by atoms with Gasteiger partial charge >= 0.3 is 0 Å². The van der Waals surface area contributed by atoms with Crippen molar-refractivity contribution in [3.8, 4) is 0 Å². The number of carbonyl (C=O) groups is 5. The summed E-state index contributed by atoms with van der Waals surface area (Å²) in [7, 11) is 0. The molecule has 2 aromatic carbocycles. The third-order valence-corrected chi connectivity index (χ3v) is 8.71. The Labute approximate surface area is 315 Å². The van der Waals surface area contributed by atoms with Crippen LogP contribution in [0.1, 0.15) is 71.9 Å². The molecule has 0 bridgehead atoms. The van der Waals surface area contributed by atoms with E-state index in [2.05, 4.69) is 21.3 Å². The van der Waals surface area contributed by atoms with E-state index in [-0.39, 0.29) is 44.1 Å². The quantitative estimate of drug-likeness (QED) is 0.152. The van der Waals surface area contributed by atoms with Crippen molar-refractivity contribution in [2.45, 2.75) is 96.5 Å². The van der Waals surface area contributed by atoms with E-state index in [1.54, 1.807) is 37.3 Å². The summed E-state index contributed by atoms with van der Waals surface area (Å²) in [6, 6.07) is 12.5. The van der Waals surface area contributed by atoms with E-state index in [0.717, 1.165) is 10.5 Å². The lowest BCUT2D eigenvalue weighted by molar-refractivity contribution is -0.135. The molecule has 2 saturated heterocycles. The minimum atomic E-state index is -2.30. The highest BCUT2D eigenvalue weighted by molar-refractivity contribution is 5.98. The molecule has 52 heavy (non-hydrogen) atoms. The lowest BCUT2D eigenvalue weighted by atomic mass is 9.93. The zero-order chi connectivity index (χ0) is 42.2. The summed E-state index contributed by atoms with van der Waals surface area (Å²) in [5.74, 6) is -3.81. The third kappa shape index (κ3) is 13.1. The van der Waals surface area contributed by atoms with Gasteiger partial charge in [0, 0.05) is 24.9 Å². The largest absolute Gasteiger partial charge is 0.379 e. The van der Waals surface area contributed by atoms with E-state index in [0.29, 0.717) is 12.0 Å². The van der Waals surface area contributed by atoms with Crippen LogP contribution >= 0.6 is 0 Å². The Morgan fingerprint density at radius 2 is 1.31 bits per heavy atom. The van der Waals surface area contributed by atoms with Crippen LogP contribution < -0.4 is 21.3 Å². The van der Waals surface area contributed by atoms with Crippen LogP contribution in [-0.4, -0.2) is 103 Å². The van der Waals surface area contributed by atoms with Crippen LogP contribution in [0.25, 0.3) is 0 Å². The van der Waals surface area contributed by atoms with E-state index >= 15 is 0 Å². The molecule has 0 aliphatic carbocycles. The highest BCUT2D eigenvalue weighted by atomic mass is 16.6. The van der Waals surface area contributed by atoms with E-state index in [9.17, 15) is 24.0 Å². The molecule has 0 spiro atoms. The Hall–Kier alpha value is -4.13. The van der Waals surface area contributed by atoms with Gasteiger partial charge in [-0.3, -0.25) is 28.9 Å². The molecule has 0 unspecified atom stereocenters. The van der Waals surface area contributed by atoms with Crippen molar-refractivity contribution in [3.63, 3.8) is 0 Å². The molecule has 4 N–H and O–H groups in total. The Morgan fingerprint density at radius 3 is 1.88 bits per heavy atom. The van der Waals surface area contributed by atoms with E-state index in [1.165, 1.54) is 0 Å². The van der Waals surface area contributed by atoms with Gasteiger partial charge in [-0.1, -0.05) is 88.4 Å². The molecule has 4 rings (SSSR count). The number of ketones is 1. The van der Waals surface area contributed by atoms with Gasteiger partial charge in [0.1, 0.15) is 23.7 Å². The van der Waals surface area contributed by atoms with Crippen molar-refractivity contribution in [1.82, 2.24) is 26.2 Å². The Morgan fingerprint density at radius 1 is 0.769 bits per heavy atom. The fourth-order valence-electron chi connectivity index (χ4n) is 5.78. The molecule has 2 heterocycles. The van der Waals surface area contributed by atoms with Gasteiger partial charge < -0.3 is 30.7 Å². The Balaban J connectivity index is 1.57. The smallest absolute Gasteiger partial charge is 0.243 e. The van der Waals surface area contributed by atoms with Crippen molar-refractivity contribution in [3.05, 3.63) is 71.8 Å². The van der Waals surface area contributed by atoms with Crippen LogP contribution in [0.3, 0.4) is 0 Å². The predicted molar refractivity (Wildman–Crippen MR) is 198 cm³/mol. The standard InChI is InChI=1S/C40H57N5O7/c1-27(2)22-32(36(47)40(5)26-52-40)42-39(50)34(24-30-14-10-7-11-15-30)44-38(49)33(23-28(3)4)43-37(48)31(17-16-29-12-8-6-9-13-29)41-35(46)25-45-18-20-51-21-19-45/h6-15,27-28,31-34H,16-26H2,1-5H3,(H,41,46)(H,42,50)(H,43,48)(H,44,49)/t31-,32+,33-,34-,40+/m0/s1/i18D2,19D2,32D. The fraction of sp³-hybridized carbons (Fsp3) is 0.575. The third-order valence-electron chi connectivity index (χ3n) is 8.71. The zero-order valence-corrected chi connectivity index (χ0v) is 30.8. The summed E-state index contributed by atoms with van der Waals surface area (Å²) in [4.78, 5) is 70.0. The first-order valence-electron chi connectivity index (χ1n) is 20.5. The average Bonchev–Trinajstić information content (AvgIpc) is 3.88. The monoisotopic (exact) mass is 724 g/mol. The summed E-state index contributed by atoms with van der Waals surface area (Å²) in [6.45, 7) is 2.88. The van der Waals surface area contributed by atoms with Crippen LogP contribution in [0.2, 0.25) is 0 Å². The van der Waals surface area contributed by atoms with Gasteiger partial charge in [-0.15, -0.1) is 0 Å². The number of Topliss-reactive ketones (excluding diaryl/α,β-unsaturated/α-hetero) is 1. The van der Waals surface area contributed by atoms with Crippen LogP contribution in [0.4, 0.5) is 0 Å². The lowest BCUT2D eigenvalue weighted by Crippen LogP contribution is -2.59. The fourth-order valence-corrected chi connectivity index (χ4v) is 5.78. The number of epoxide rings is 1. The van der Waals surface area contributed by atoms with E-state index < -0.39 is 91.9 Å². The number of hydrogen-bond donors (Lipinski definition) is 4. The summed E-state index contributed by atoms with van der Waals surface area (Å²) < 4.78 is 52.5. The minimum absolute atomic E-state index is 0.00528. The van der Waals surface area contributed by atoms with Crippen LogP contribution in [0.15, 0.2) is 60.7 Å². The summed E-state index contributed by atoms with van der Waals surface area (Å²) >= 11 is 0. The molecular formula is C40H57N5O7. The first-order valence-corrected chi connectivity index (χ1v) is 18.0. The number of nitrogens with one attached hydrogen (secondary N) is 4. The van der Waals surface area contributed by atoms with E-state index in [1.807, 2.05) is 58.0 Å². The van der Waals surface area contributed by atoms with Crippen molar-refractivity contribution in [2.75, 3.05) is 39.4 Å². The first kappa shape index (κ1) is 33.7. The maximum atomic E-state index is 14.2. The number of hydrogen-bond acceptors (Lipinski definition) is 8. The van der Waals surface area contributed by atoms with Crippen molar-refractivity contribution in [1.29, 1.82) is 0 Å². The second kappa shape index (κ2) is 19.6. The van der Waals surface area contributed by atoms with Gasteiger partial charge in [0.2, 0.25) is 23.6 Å². The maximum absolute atomic E-state index is 14.2. The minimum Gasteiger partial charge on any atom is -0.379 e. The zero-order valence-electron chi connectivity index (χ0n) is 35.8. The Kier molecular flexibility index (Phi) is 12.7. The van der Waals surface area contributed by atoms with Gasteiger partial charge in [-0.05, 0) is 55.6 Å². The predicted octanol–water partition coefficient (Wildman–Crippen LogP) is 2.58. The highest BCUT2D eigenvalue weighted by Crippen LogP contribution is 2.29. The molecule has 12 heteroatoms. The molecule has 0 aromatic heterocycles. The van der Waals surface area contributed by atoms with Crippen LogP contribution in [-0.2, 0) is 46.3 Å². The van der Waals surface area contributed by atoms with Crippen molar-refractivity contribution in [2.24, 2.45) is 11.8 Å².